The smallest absolute Gasteiger partial charge is 0.341 e. The molecule has 1 N–H and O–H groups in total. The number of hydrogen-bond donors (Lipinski definition) is 1. The van der Waals surface area contributed by atoms with E-state index in [-0.39, 0.29) is 17.6 Å². The molecule has 0 saturated heterocycles. The van der Waals surface area contributed by atoms with Gasteiger partial charge in [0.25, 0.3) is 0 Å². The summed E-state index contributed by atoms with van der Waals surface area (Å²) >= 11 is 2.80. The van der Waals surface area contributed by atoms with Crippen molar-refractivity contribution in [1.29, 1.82) is 0 Å². The summed E-state index contributed by atoms with van der Waals surface area (Å²) in [4.78, 5) is 26.2. The molecule has 1 aliphatic rings. The van der Waals surface area contributed by atoms with E-state index in [0.717, 1.165) is 36.9 Å². The van der Waals surface area contributed by atoms with Gasteiger partial charge in [-0.15, -0.1) is 21.5 Å². The second kappa shape index (κ2) is 8.32. The Morgan fingerprint density at radius 3 is 3.00 bits per heavy atom. The van der Waals surface area contributed by atoms with Gasteiger partial charge < -0.3 is 10.1 Å². The fourth-order valence-electron chi connectivity index (χ4n) is 3.28. The first-order chi connectivity index (χ1) is 13.7. The third kappa shape index (κ3) is 3.77. The lowest BCUT2D eigenvalue weighted by Gasteiger charge is -2.12. The molecule has 146 valence electrons. The number of esters is 1. The Labute approximate surface area is 170 Å². The van der Waals surface area contributed by atoms with E-state index in [1.54, 1.807) is 6.92 Å². The summed E-state index contributed by atoms with van der Waals surface area (Å²) < 4.78 is 7.07. The second-order valence-electron chi connectivity index (χ2n) is 6.38. The Morgan fingerprint density at radius 1 is 1.29 bits per heavy atom. The molecule has 0 bridgehead atoms. The van der Waals surface area contributed by atoms with Crippen LogP contribution >= 0.6 is 23.1 Å². The van der Waals surface area contributed by atoms with Crippen LogP contribution in [-0.4, -0.2) is 38.8 Å². The maximum Gasteiger partial charge on any atom is 0.341 e. The molecule has 0 aromatic carbocycles. The van der Waals surface area contributed by atoms with Crippen LogP contribution < -0.4 is 5.32 Å². The number of amides is 1. The zero-order chi connectivity index (χ0) is 19.5. The zero-order valence-electron chi connectivity index (χ0n) is 15.4. The fraction of sp³-hybridized carbons (Fsp3) is 0.368. The van der Waals surface area contributed by atoms with Crippen molar-refractivity contribution in [2.45, 2.75) is 37.8 Å². The molecular formula is C19H20N4O3S2. The average molecular weight is 417 g/mol. The number of thiophene rings is 1. The topological polar surface area (TPSA) is 85.6 Å². The molecule has 3 aromatic rings. The van der Waals surface area contributed by atoms with Crippen molar-refractivity contribution < 1.29 is 14.3 Å². The van der Waals surface area contributed by atoms with Crippen molar-refractivity contribution in [3.8, 4) is 0 Å². The van der Waals surface area contributed by atoms with Crippen LogP contribution in [0, 0.1) is 0 Å². The molecule has 1 aliphatic carbocycles. The maximum atomic E-state index is 12.6. The Bertz CT molecular complexity index is 1030. The van der Waals surface area contributed by atoms with Gasteiger partial charge in [0.15, 0.2) is 10.8 Å². The van der Waals surface area contributed by atoms with Gasteiger partial charge in [-0.25, -0.2) is 4.79 Å². The van der Waals surface area contributed by atoms with Gasteiger partial charge >= 0.3 is 5.97 Å². The molecule has 0 aliphatic heterocycles. The predicted octanol–water partition coefficient (Wildman–Crippen LogP) is 3.58. The highest BCUT2D eigenvalue weighted by Gasteiger charge is 2.27. The summed E-state index contributed by atoms with van der Waals surface area (Å²) in [5, 5.41) is 12.4. The number of aryl methyl sites for hydroxylation is 1. The second-order valence-corrected chi connectivity index (χ2v) is 8.43. The van der Waals surface area contributed by atoms with E-state index in [0.29, 0.717) is 22.3 Å². The number of nitrogens with zero attached hydrogens (tertiary/aromatic N) is 3. The molecule has 1 amide bonds. The summed E-state index contributed by atoms with van der Waals surface area (Å²) in [6, 6.07) is 5.64. The van der Waals surface area contributed by atoms with E-state index in [2.05, 4.69) is 15.5 Å². The number of aromatic nitrogens is 3. The summed E-state index contributed by atoms with van der Waals surface area (Å²) in [6.45, 7) is 2.10. The minimum Gasteiger partial charge on any atom is -0.462 e. The summed E-state index contributed by atoms with van der Waals surface area (Å²) in [5.74, 6) is -0.351. The van der Waals surface area contributed by atoms with Crippen molar-refractivity contribution in [1.82, 2.24) is 14.6 Å². The first-order valence-corrected chi connectivity index (χ1v) is 11.0. The third-order valence-corrected chi connectivity index (χ3v) is 6.67. The lowest BCUT2D eigenvalue weighted by Crippen LogP contribution is -2.17. The van der Waals surface area contributed by atoms with Crippen LogP contribution in [0.25, 0.3) is 5.65 Å². The normalized spacial score (nSPS) is 13.3. The van der Waals surface area contributed by atoms with Gasteiger partial charge in [0, 0.05) is 11.1 Å². The molecule has 9 heteroatoms. The Balaban J connectivity index is 1.49. The van der Waals surface area contributed by atoms with E-state index in [1.807, 2.05) is 28.8 Å². The summed E-state index contributed by atoms with van der Waals surface area (Å²) in [6.07, 6.45) is 5.83. The number of pyridine rings is 1. The monoisotopic (exact) mass is 416 g/mol. The van der Waals surface area contributed by atoms with Gasteiger partial charge in [-0.1, -0.05) is 17.8 Å². The lowest BCUT2D eigenvalue weighted by molar-refractivity contribution is -0.113. The molecule has 3 aromatic heterocycles. The van der Waals surface area contributed by atoms with Gasteiger partial charge in [-0.2, -0.15) is 0 Å². The molecular weight excluding hydrogens is 396 g/mol. The van der Waals surface area contributed by atoms with Gasteiger partial charge in [-0.05, 0) is 50.3 Å². The van der Waals surface area contributed by atoms with Crippen molar-refractivity contribution in [3.63, 3.8) is 0 Å². The quantitative estimate of drug-likeness (QED) is 0.488. The summed E-state index contributed by atoms with van der Waals surface area (Å²) in [5.41, 5.74) is 2.31. The fourth-order valence-corrected chi connectivity index (χ4v) is 5.30. The SMILES string of the molecule is CCOC(=O)c1c(NC(=O)CSc2nnc3ccccn23)sc2c1CCCC2. The highest BCUT2D eigenvalue weighted by Crippen LogP contribution is 2.38. The first-order valence-electron chi connectivity index (χ1n) is 9.21. The molecule has 0 spiro atoms. The molecule has 3 heterocycles. The van der Waals surface area contributed by atoms with Gasteiger partial charge in [0.2, 0.25) is 5.91 Å². The van der Waals surface area contributed by atoms with Crippen molar-refractivity contribution in [2.75, 3.05) is 17.7 Å². The third-order valence-electron chi connectivity index (χ3n) is 4.52. The van der Waals surface area contributed by atoms with Gasteiger partial charge in [0.1, 0.15) is 5.00 Å². The highest BCUT2D eigenvalue weighted by atomic mass is 32.2. The number of carbonyl (C=O) groups excluding carboxylic acids is 2. The van der Waals surface area contributed by atoms with Crippen LogP contribution in [0.1, 0.15) is 40.6 Å². The largest absolute Gasteiger partial charge is 0.462 e. The van der Waals surface area contributed by atoms with Crippen LogP contribution in [0.4, 0.5) is 5.00 Å². The molecule has 0 radical (unpaired) electrons. The number of fused-ring (bicyclic) bond motifs is 2. The van der Waals surface area contributed by atoms with Gasteiger partial charge in [-0.3, -0.25) is 9.20 Å². The predicted molar refractivity (Wildman–Crippen MR) is 109 cm³/mol. The number of anilines is 1. The molecule has 0 unspecified atom stereocenters. The molecule has 28 heavy (non-hydrogen) atoms. The minimum atomic E-state index is -0.353. The van der Waals surface area contributed by atoms with E-state index in [1.165, 1.54) is 28.0 Å². The molecule has 0 saturated carbocycles. The van der Waals surface area contributed by atoms with Crippen LogP contribution in [0.15, 0.2) is 29.6 Å². The number of carbonyl (C=O) groups is 2. The van der Waals surface area contributed by atoms with E-state index >= 15 is 0 Å². The number of rotatable bonds is 6. The molecule has 0 fully saturated rings. The van der Waals surface area contributed by atoms with Crippen LogP contribution in [-0.2, 0) is 22.4 Å². The van der Waals surface area contributed by atoms with Crippen molar-refractivity contribution in [2.24, 2.45) is 0 Å². The number of ether oxygens (including phenoxy) is 1. The summed E-state index contributed by atoms with van der Waals surface area (Å²) in [7, 11) is 0. The van der Waals surface area contributed by atoms with Crippen LogP contribution in [0.2, 0.25) is 0 Å². The lowest BCUT2D eigenvalue weighted by atomic mass is 9.95. The van der Waals surface area contributed by atoms with E-state index in [4.69, 9.17) is 4.74 Å². The standard InChI is InChI=1S/C19H20N4O3S2/c1-2-26-18(25)16-12-7-3-4-8-13(12)28-17(16)20-15(24)11-27-19-22-21-14-9-5-6-10-23(14)19/h5-6,9-10H,2-4,7-8,11H2,1H3,(H,20,24). The Kier molecular flexibility index (Phi) is 5.63. The van der Waals surface area contributed by atoms with Crippen molar-refractivity contribution in [3.05, 3.63) is 40.4 Å². The van der Waals surface area contributed by atoms with E-state index < -0.39 is 0 Å². The average Bonchev–Trinajstić information content (AvgIpc) is 3.27. The van der Waals surface area contributed by atoms with Gasteiger partial charge in [0.05, 0.1) is 17.9 Å². The van der Waals surface area contributed by atoms with Crippen LogP contribution in [0.5, 0.6) is 0 Å². The van der Waals surface area contributed by atoms with E-state index in [9.17, 15) is 9.59 Å². The first kappa shape index (κ1) is 18.9. The Hall–Kier alpha value is -2.39. The zero-order valence-corrected chi connectivity index (χ0v) is 17.1. The molecule has 4 rings (SSSR count). The minimum absolute atomic E-state index is 0.179. The van der Waals surface area contributed by atoms with Crippen molar-refractivity contribution >= 4 is 45.6 Å². The van der Waals surface area contributed by atoms with Crippen LogP contribution in [0.3, 0.4) is 0 Å². The number of thioether (sulfide) groups is 1. The number of hydrogen-bond acceptors (Lipinski definition) is 7. The maximum absolute atomic E-state index is 12.6. The Morgan fingerprint density at radius 2 is 2.14 bits per heavy atom. The number of nitrogens with one attached hydrogen (secondary N) is 1. The highest BCUT2D eigenvalue weighted by molar-refractivity contribution is 7.99. The molecule has 0 atom stereocenters. The molecule has 7 nitrogen and oxygen atoms in total.